The molecular formula is C17H34O5Si. The van der Waals surface area contributed by atoms with Crippen LogP contribution in [0.3, 0.4) is 0 Å². The summed E-state index contributed by atoms with van der Waals surface area (Å²) in [4.78, 5) is 0. The van der Waals surface area contributed by atoms with Gasteiger partial charge in [-0.05, 0) is 31.7 Å². The quantitative estimate of drug-likeness (QED) is 0.601. The van der Waals surface area contributed by atoms with Crippen molar-refractivity contribution in [1.29, 1.82) is 0 Å². The molecule has 0 N–H and O–H groups in total. The molecule has 2 rings (SSSR count). The van der Waals surface area contributed by atoms with Crippen LogP contribution in [0.2, 0.25) is 6.04 Å². The molecule has 6 heteroatoms. The molecule has 2 aliphatic rings. The second-order valence-corrected chi connectivity index (χ2v) is 10.7. The van der Waals surface area contributed by atoms with Crippen molar-refractivity contribution in [2.24, 2.45) is 5.41 Å². The highest BCUT2D eigenvalue weighted by molar-refractivity contribution is 6.71. The van der Waals surface area contributed by atoms with Crippen molar-refractivity contribution in [3.63, 3.8) is 0 Å². The van der Waals surface area contributed by atoms with Crippen molar-refractivity contribution in [2.75, 3.05) is 41.2 Å². The van der Waals surface area contributed by atoms with Crippen molar-refractivity contribution in [2.45, 2.75) is 63.3 Å². The van der Waals surface area contributed by atoms with Gasteiger partial charge in [0, 0.05) is 26.7 Å². The highest BCUT2D eigenvalue weighted by atomic mass is 28.4. The molecule has 0 radical (unpaired) electrons. The van der Waals surface area contributed by atoms with Crippen molar-refractivity contribution < 1.29 is 23.1 Å². The van der Waals surface area contributed by atoms with Crippen LogP contribution in [0.5, 0.6) is 0 Å². The first-order valence-electron chi connectivity index (χ1n) is 8.92. The van der Waals surface area contributed by atoms with Crippen LogP contribution in [0.4, 0.5) is 0 Å². The van der Waals surface area contributed by atoms with Crippen LogP contribution in [0.1, 0.15) is 46.0 Å². The van der Waals surface area contributed by atoms with Crippen LogP contribution in [0, 0.1) is 5.41 Å². The van der Waals surface area contributed by atoms with Crippen LogP contribution < -0.4 is 0 Å². The van der Waals surface area contributed by atoms with E-state index >= 15 is 0 Å². The molecule has 2 unspecified atom stereocenters. The van der Waals surface area contributed by atoms with Crippen molar-refractivity contribution in [1.82, 2.24) is 0 Å². The molecule has 2 aliphatic heterocycles. The molecule has 0 amide bonds. The Kier molecular flexibility index (Phi) is 6.67. The van der Waals surface area contributed by atoms with Crippen LogP contribution in [-0.4, -0.2) is 61.0 Å². The highest BCUT2D eigenvalue weighted by Crippen LogP contribution is 2.45. The average molecular weight is 347 g/mol. The molecule has 2 saturated heterocycles. The second-order valence-electron chi connectivity index (χ2n) is 7.04. The summed E-state index contributed by atoms with van der Waals surface area (Å²) in [6.07, 6.45) is 5.15. The monoisotopic (exact) mass is 346 g/mol. The molecule has 5 nitrogen and oxygen atoms in total. The van der Waals surface area contributed by atoms with Gasteiger partial charge in [0.25, 0.3) is 0 Å². The molecule has 23 heavy (non-hydrogen) atoms. The first-order chi connectivity index (χ1) is 11.1. The maximum absolute atomic E-state index is 6.47. The van der Waals surface area contributed by atoms with E-state index < -0.39 is 13.8 Å². The molecule has 0 saturated carbocycles. The Morgan fingerprint density at radius 2 is 1.83 bits per heavy atom. The fourth-order valence-electron chi connectivity index (χ4n) is 4.23. The van der Waals surface area contributed by atoms with Crippen LogP contribution in [0.15, 0.2) is 0 Å². The van der Waals surface area contributed by atoms with Gasteiger partial charge in [0.1, 0.15) is 5.22 Å². The summed E-state index contributed by atoms with van der Waals surface area (Å²) in [6.45, 7) is 6.75. The average Bonchev–Trinajstić information content (AvgIpc) is 2.55. The topological polar surface area (TPSA) is 46.2 Å². The molecule has 0 aromatic carbocycles. The van der Waals surface area contributed by atoms with E-state index in [2.05, 4.69) is 13.8 Å². The van der Waals surface area contributed by atoms with E-state index in [0.29, 0.717) is 0 Å². The lowest BCUT2D eigenvalue weighted by atomic mass is 9.84. The van der Waals surface area contributed by atoms with Gasteiger partial charge in [-0.15, -0.1) is 0 Å². The molecule has 0 bridgehead atoms. The minimum atomic E-state index is -2.47. The maximum atomic E-state index is 6.47. The number of rotatable bonds is 9. The van der Waals surface area contributed by atoms with Crippen molar-refractivity contribution in [3.8, 4) is 0 Å². The molecule has 2 atom stereocenters. The third kappa shape index (κ3) is 3.26. The van der Waals surface area contributed by atoms with Crippen LogP contribution in [0.25, 0.3) is 0 Å². The summed E-state index contributed by atoms with van der Waals surface area (Å²) in [5.41, 5.74) is 0.188. The number of methoxy groups -OCH3 is 1. The second kappa shape index (κ2) is 7.93. The largest absolute Gasteiger partial charge is 0.396 e. The number of hydrogen-bond donors (Lipinski definition) is 0. The SMILES string of the molecule is CCCC1(OC)C(OCC2(CC)COC2)CCC[Si]1(OC)OC. The standard InChI is InChI=1S/C17H34O5Si/c1-6-10-17(18-3)15(9-8-11-23(17,19-4)20-5)22-14-16(7-2)12-21-13-16/h15H,6-14H2,1-5H3. The van der Waals surface area contributed by atoms with Gasteiger partial charge >= 0.3 is 8.56 Å². The lowest BCUT2D eigenvalue weighted by Crippen LogP contribution is -2.71. The first kappa shape index (κ1) is 19.3. The van der Waals surface area contributed by atoms with Crippen LogP contribution in [-0.2, 0) is 23.1 Å². The summed E-state index contributed by atoms with van der Waals surface area (Å²) < 4.78 is 30.0. The van der Waals surface area contributed by atoms with Crippen molar-refractivity contribution >= 4 is 8.56 Å². The van der Waals surface area contributed by atoms with Gasteiger partial charge in [0.05, 0.1) is 25.9 Å². The fourth-order valence-corrected chi connectivity index (χ4v) is 8.25. The van der Waals surface area contributed by atoms with Crippen molar-refractivity contribution in [3.05, 3.63) is 0 Å². The predicted octanol–water partition coefficient (Wildman–Crippen LogP) is 3.05. The zero-order valence-corrected chi connectivity index (χ0v) is 16.5. The molecule has 0 aromatic heterocycles. The molecule has 0 aromatic rings. The van der Waals surface area contributed by atoms with E-state index in [1.165, 1.54) is 0 Å². The number of hydrogen-bond acceptors (Lipinski definition) is 5. The minimum Gasteiger partial charge on any atom is -0.396 e. The van der Waals surface area contributed by atoms with E-state index in [0.717, 1.165) is 58.0 Å². The molecule has 2 heterocycles. The summed E-state index contributed by atoms with van der Waals surface area (Å²) in [5.74, 6) is 0. The van der Waals surface area contributed by atoms with Gasteiger partial charge in [-0.2, -0.15) is 0 Å². The summed E-state index contributed by atoms with van der Waals surface area (Å²) in [7, 11) is 2.86. The Labute approximate surface area is 142 Å². The molecule has 136 valence electrons. The van der Waals surface area contributed by atoms with Gasteiger partial charge in [0.2, 0.25) is 0 Å². The summed E-state index contributed by atoms with van der Waals surface area (Å²) in [6, 6.07) is 0.968. The van der Waals surface area contributed by atoms with Gasteiger partial charge in [-0.1, -0.05) is 20.3 Å². The number of ether oxygens (including phenoxy) is 3. The van der Waals surface area contributed by atoms with E-state index in [9.17, 15) is 0 Å². The van der Waals surface area contributed by atoms with E-state index in [-0.39, 0.29) is 11.5 Å². The summed E-state index contributed by atoms with van der Waals surface area (Å²) in [5, 5.41) is -0.428. The van der Waals surface area contributed by atoms with E-state index in [1.807, 2.05) is 0 Å². The smallest absolute Gasteiger partial charge is 0.373 e. The molecule has 2 fully saturated rings. The van der Waals surface area contributed by atoms with E-state index in [1.54, 1.807) is 21.3 Å². The normalized spacial score (nSPS) is 32.5. The molecule has 0 aliphatic carbocycles. The molecule has 0 spiro atoms. The Bertz CT molecular complexity index is 364. The fraction of sp³-hybridized carbons (Fsp3) is 1.00. The zero-order chi connectivity index (χ0) is 17.0. The van der Waals surface area contributed by atoms with Crippen LogP contribution >= 0.6 is 0 Å². The Hall–Kier alpha value is 0.0169. The predicted molar refractivity (Wildman–Crippen MR) is 91.7 cm³/mol. The van der Waals surface area contributed by atoms with Gasteiger partial charge in [-0.3, -0.25) is 0 Å². The first-order valence-corrected chi connectivity index (χ1v) is 10.9. The van der Waals surface area contributed by atoms with Gasteiger partial charge in [-0.25, -0.2) is 0 Å². The Morgan fingerprint density at radius 1 is 1.13 bits per heavy atom. The third-order valence-corrected chi connectivity index (χ3v) is 10.3. The van der Waals surface area contributed by atoms with E-state index in [4.69, 9.17) is 23.1 Å². The lowest BCUT2D eigenvalue weighted by Gasteiger charge is -2.53. The highest BCUT2D eigenvalue weighted by Gasteiger charge is 2.64. The van der Waals surface area contributed by atoms with Gasteiger partial charge < -0.3 is 23.1 Å². The van der Waals surface area contributed by atoms with Gasteiger partial charge in [0.15, 0.2) is 0 Å². The lowest BCUT2D eigenvalue weighted by molar-refractivity contribution is -0.189. The Balaban J connectivity index is 2.20. The minimum absolute atomic E-state index is 0.0387. The Morgan fingerprint density at radius 3 is 2.26 bits per heavy atom. The third-order valence-electron chi connectivity index (χ3n) is 5.94. The maximum Gasteiger partial charge on any atom is 0.373 e. The zero-order valence-electron chi connectivity index (χ0n) is 15.5. The summed E-state index contributed by atoms with van der Waals surface area (Å²) >= 11 is 0. The molecular weight excluding hydrogens is 312 g/mol.